The fourth-order valence-electron chi connectivity index (χ4n) is 0.898. The van der Waals surface area contributed by atoms with Crippen LogP contribution in [0.25, 0.3) is 0 Å². The molecule has 0 spiro atoms. The summed E-state index contributed by atoms with van der Waals surface area (Å²) >= 11 is 0. The highest BCUT2D eigenvalue weighted by Gasteiger charge is 2.05. The lowest BCUT2D eigenvalue weighted by atomic mass is 9.99. The Morgan fingerprint density at radius 2 is 2.19 bits per heavy atom. The number of anilines is 1. The lowest BCUT2D eigenvalue weighted by Crippen LogP contribution is -2.11. The number of nitrogens with one attached hydrogen (secondary N) is 1. The van der Waals surface area contributed by atoms with Crippen LogP contribution in [0.3, 0.4) is 0 Å². The van der Waals surface area contributed by atoms with Crippen molar-refractivity contribution in [3.05, 3.63) is 23.9 Å². The number of hydrogen-bond donors (Lipinski definition) is 2. The molecule has 5 nitrogen and oxygen atoms in total. The highest BCUT2D eigenvalue weighted by molar-refractivity contribution is 5.92. The van der Waals surface area contributed by atoms with Gasteiger partial charge in [-0.3, -0.25) is 10.2 Å². The van der Waals surface area contributed by atoms with Gasteiger partial charge in [0.05, 0.1) is 5.56 Å². The van der Waals surface area contributed by atoms with Crippen molar-refractivity contribution in [2.45, 2.75) is 20.8 Å². The Kier molecular flexibility index (Phi) is 3.60. The zero-order valence-corrected chi connectivity index (χ0v) is 9.69. The van der Waals surface area contributed by atoms with E-state index in [0.717, 1.165) is 0 Å². The normalized spacial score (nSPS) is 11.7. The molecular weight excluding hydrogens is 204 g/mol. The Morgan fingerprint density at radius 3 is 2.62 bits per heavy atom. The van der Waals surface area contributed by atoms with Crippen molar-refractivity contribution in [2.75, 3.05) is 5.43 Å². The lowest BCUT2D eigenvalue weighted by molar-refractivity contribution is 0.1000. The molecule has 0 radical (unpaired) electrons. The van der Waals surface area contributed by atoms with Crippen LogP contribution in [0.5, 0.6) is 0 Å². The van der Waals surface area contributed by atoms with Crippen LogP contribution in [0.15, 0.2) is 23.4 Å². The molecule has 1 aromatic heterocycles. The highest BCUT2D eigenvalue weighted by atomic mass is 16.1. The highest BCUT2D eigenvalue weighted by Crippen LogP contribution is 2.09. The van der Waals surface area contributed by atoms with Gasteiger partial charge in [-0.15, -0.1) is 0 Å². The summed E-state index contributed by atoms with van der Waals surface area (Å²) in [5, 5.41) is 4.03. The van der Waals surface area contributed by atoms with Crippen molar-refractivity contribution in [2.24, 2.45) is 16.3 Å². The average Bonchev–Trinajstić information content (AvgIpc) is 2.16. The number of hydrazone groups is 1. The maximum absolute atomic E-state index is 10.8. The molecule has 1 heterocycles. The first-order valence-corrected chi connectivity index (χ1v) is 4.94. The Bertz CT molecular complexity index is 389. The van der Waals surface area contributed by atoms with Crippen LogP contribution in [0, 0.1) is 5.41 Å². The van der Waals surface area contributed by atoms with Crippen molar-refractivity contribution in [3.8, 4) is 0 Å². The first-order valence-electron chi connectivity index (χ1n) is 4.94. The first kappa shape index (κ1) is 12.2. The SMILES string of the molecule is CC(C)(C)/C=N/Nc1ccc(C(N)=O)cn1. The van der Waals surface area contributed by atoms with Crippen LogP contribution >= 0.6 is 0 Å². The minimum absolute atomic E-state index is 0.0141. The Labute approximate surface area is 94.8 Å². The van der Waals surface area contributed by atoms with Crippen LogP contribution in [-0.4, -0.2) is 17.1 Å². The second-order valence-corrected chi connectivity index (χ2v) is 4.53. The number of carbonyl (C=O) groups is 1. The van der Waals surface area contributed by atoms with Crippen LogP contribution < -0.4 is 11.2 Å². The molecule has 1 aromatic rings. The monoisotopic (exact) mass is 220 g/mol. The molecule has 0 unspecified atom stereocenters. The quantitative estimate of drug-likeness (QED) is 0.600. The lowest BCUT2D eigenvalue weighted by Gasteiger charge is -2.09. The number of carbonyl (C=O) groups excluding carboxylic acids is 1. The average molecular weight is 220 g/mol. The van der Waals surface area contributed by atoms with E-state index in [1.807, 2.05) is 20.8 Å². The molecule has 0 aromatic carbocycles. The van der Waals surface area contributed by atoms with E-state index in [-0.39, 0.29) is 5.41 Å². The number of nitrogens with two attached hydrogens (primary N) is 1. The van der Waals surface area contributed by atoms with Gasteiger partial charge in [0, 0.05) is 12.4 Å². The van der Waals surface area contributed by atoms with Crippen molar-refractivity contribution >= 4 is 17.9 Å². The van der Waals surface area contributed by atoms with Crippen LogP contribution in [0.2, 0.25) is 0 Å². The predicted octanol–water partition coefficient (Wildman–Crippen LogP) is 1.62. The molecule has 0 atom stereocenters. The third-order valence-electron chi connectivity index (χ3n) is 1.68. The number of hydrogen-bond acceptors (Lipinski definition) is 4. The van der Waals surface area contributed by atoms with Gasteiger partial charge in [-0.05, 0) is 17.5 Å². The fourth-order valence-corrected chi connectivity index (χ4v) is 0.898. The molecule has 1 amide bonds. The maximum atomic E-state index is 10.8. The zero-order valence-electron chi connectivity index (χ0n) is 9.69. The summed E-state index contributed by atoms with van der Waals surface area (Å²) in [5.74, 6) is 0.0859. The summed E-state index contributed by atoms with van der Waals surface area (Å²) in [6.07, 6.45) is 3.20. The molecular formula is C11H16N4O. The molecule has 0 saturated heterocycles. The Balaban J connectivity index is 2.63. The largest absolute Gasteiger partial charge is 0.366 e. The van der Waals surface area contributed by atoms with Crippen molar-refractivity contribution in [1.29, 1.82) is 0 Å². The fraction of sp³-hybridized carbons (Fsp3) is 0.364. The molecule has 16 heavy (non-hydrogen) atoms. The molecule has 3 N–H and O–H groups in total. The summed E-state index contributed by atoms with van der Waals surface area (Å²) in [7, 11) is 0. The van der Waals surface area contributed by atoms with E-state index >= 15 is 0 Å². The summed E-state index contributed by atoms with van der Waals surface area (Å²) in [6, 6.07) is 3.25. The minimum Gasteiger partial charge on any atom is -0.366 e. The number of amides is 1. The van der Waals surface area contributed by atoms with Crippen LogP contribution in [0.1, 0.15) is 31.1 Å². The van der Waals surface area contributed by atoms with Gasteiger partial charge in [-0.1, -0.05) is 20.8 Å². The van der Waals surface area contributed by atoms with E-state index in [4.69, 9.17) is 5.73 Å². The number of nitrogens with zero attached hydrogens (tertiary/aromatic N) is 2. The van der Waals surface area contributed by atoms with Gasteiger partial charge < -0.3 is 5.73 Å². The van der Waals surface area contributed by atoms with Gasteiger partial charge in [0.2, 0.25) is 5.91 Å². The van der Waals surface area contributed by atoms with Crippen LogP contribution in [0.4, 0.5) is 5.82 Å². The zero-order chi connectivity index (χ0) is 12.2. The van der Waals surface area contributed by atoms with Gasteiger partial charge in [0.25, 0.3) is 0 Å². The van der Waals surface area contributed by atoms with Gasteiger partial charge in [0.15, 0.2) is 0 Å². The van der Waals surface area contributed by atoms with E-state index < -0.39 is 5.91 Å². The second-order valence-electron chi connectivity index (χ2n) is 4.53. The van der Waals surface area contributed by atoms with E-state index in [2.05, 4.69) is 15.5 Å². The van der Waals surface area contributed by atoms with Gasteiger partial charge in [-0.25, -0.2) is 4.98 Å². The number of primary amides is 1. The summed E-state index contributed by atoms with van der Waals surface area (Å²) < 4.78 is 0. The van der Waals surface area contributed by atoms with Gasteiger partial charge >= 0.3 is 0 Å². The third kappa shape index (κ3) is 4.08. The molecule has 0 aliphatic heterocycles. The van der Waals surface area contributed by atoms with E-state index in [0.29, 0.717) is 11.4 Å². The number of aromatic nitrogens is 1. The molecule has 0 aliphatic carbocycles. The predicted molar refractivity (Wildman–Crippen MR) is 64.3 cm³/mol. The molecule has 86 valence electrons. The van der Waals surface area contributed by atoms with Gasteiger partial charge in [0.1, 0.15) is 5.82 Å². The van der Waals surface area contributed by atoms with Crippen molar-refractivity contribution in [1.82, 2.24) is 4.98 Å². The summed E-state index contributed by atoms with van der Waals surface area (Å²) in [4.78, 5) is 14.8. The van der Waals surface area contributed by atoms with Crippen molar-refractivity contribution < 1.29 is 4.79 Å². The summed E-state index contributed by atoms with van der Waals surface area (Å²) in [6.45, 7) is 6.13. The van der Waals surface area contributed by atoms with Crippen LogP contribution in [-0.2, 0) is 0 Å². The number of pyridine rings is 1. The summed E-state index contributed by atoms with van der Waals surface area (Å²) in [5.41, 5.74) is 8.26. The van der Waals surface area contributed by atoms with E-state index in [1.165, 1.54) is 6.20 Å². The minimum atomic E-state index is -0.489. The molecule has 0 bridgehead atoms. The smallest absolute Gasteiger partial charge is 0.250 e. The molecule has 5 heteroatoms. The standard InChI is InChI=1S/C11H16N4O/c1-11(2,3)7-14-15-9-5-4-8(6-13-9)10(12)16/h4-7H,1-3H3,(H2,12,16)(H,13,15)/b14-7+. The molecule has 0 aliphatic rings. The molecule has 1 rings (SSSR count). The van der Waals surface area contributed by atoms with E-state index in [1.54, 1.807) is 18.3 Å². The first-order chi connectivity index (χ1) is 7.38. The second kappa shape index (κ2) is 4.74. The Hall–Kier alpha value is -1.91. The molecule has 0 fully saturated rings. The topological polar surface area (TPSA) is 80.4 Å². The van der Waals surface area contributed by atoms with Gasteiger partial charge in [-0.2, -0.15) is 5.10 Å². The third-order valence-corrected chi connectivity index (χ3v) is 1.68. The van der Waals surface area contributed by atoms with Crippen molar-refractivity contribution in [3.63, 3.8) is 0 Å². The molecule has 0 saturated carbocycles. The Morgan fingerprint density at radius 1 is 1.50 bits per heavy atom. The van der Waals surface area contributed by atoms with E-state index in [9.17, 15) is 4.79 Å². The maximum Gasteiger partial charge on any atom is 0.250 e. The number of rotatable bonds is 3.